The first-order chi connectivity index (χ1) is 32.6. The highest BCUT2D eigenvalue weighted by molar-refractivity contribution is 6.05. The molecule has 0 aromatic heterocycles. The molecule has 3 aliphatic carbocycles. The molecule has 1 spiro atoms. The lowest BCUT2D eigenvalue weighted by atomic mass is 9.65. The predicted molar refractivity (Wildman–Crippen MR) is 273 cm³/mol. The monoisotopic (exact) mass is 850 g/mol. The maximum atomic E-state index is 6.73. The molecule has 0 radical (unpaired) electrons. The van der Waals surface area contributed by atoms with Crippen LogP contribution in [0.25, 0.3) is 44.2 Å². The summed E-state index contributed by atoms with van der Waals surface area (Å²) >= 11 is 0. The summed E-state index contributed by atoms with van der Waals surface area (Å²) in [6, 6.07) is 77.5. The summed E-state index contributed by atoms with van der Waals surface area (Å²) in [5.41, 5.74) is 18.4. The van der Waals surface area contributed by atoms with Gasteiger partial charge in [0.05, 0.1) is 5.41 Å². The molecule has 1 heteroatoms. The van der Waals surface area contributed by atoms with Crippen molar-refractivity contribution < 1.29 is 4.74 Å². The maximum Gasteiger partial charge on any atom is 0.132 e. The molecular weight excluding hydrogens is 797 g/mol. The van der Waals surface area contributed by atoms with E-state index in [-0.39, 0.29) is 11.3 Å². The van der Waals surface area contributed by atoms with Crippen molar-refractivity contribution >= 4 is 10.8 Å². The van der Waals surface area contributed by atoms with Gasteiger partial charge >= 0.3 is 0 Å². The molecule has 9 aromatic rings. The van der Waals surface area contributed by atoms with E-state index in [9.17, 15) is 0 Å². The lowest BCUT2D eigenvalue weighted by Gasteiger charge is -2.40. The zero-order valence-corrected chi connectivity index (χ0v) is 37.7. The molecule has 2 unspecified atom stereocenters. The molecular formula is C65H54O. The van der Waals surface area contributed by atoms with Gasteiger partial charge in [-0.1, -0.05) is 214 Å². The Morgan fingerprint density at radius 1 is 0.485 bits per heavy atom. The van der Waals surface area contributed by atoms with Crippen LogP contribution in [0, 0.1) is 11.8 Å². The fourth-order valence-corrected chi connectivity index (χ4v) is 13.8. The molecule has 1 nitrogen and oxygen atoms in total. The van der Waals surface area contributed by atoms with Gasteiger partial charge in [0.25, 0.3) is 0 Å². The first-order valence-corrected chi connectivity index (χ1v) is 24.4. The van der Waals surface area contributed by atoms with Crippen molar-refractivity contribution in [3.63, 3.8) is 0 Å². The van der Waals surface area contributed by atoms with Gasteiger partial charge in [-0.3, -0.25) is 0 Å². The third kappa shape index (κ3) is 6.12. The van der Waals surface area contributed by atoms with E-state index in [0.717, 1.165) is 36.2 Å². The molecule has 4 aliphatic rings. The smallest absolute Gasteiger partial charge is 0.132 e. The quantitative estimate of drug-likeness (QED) is 0.148. The Hall–Kier alpha value is -6.96. The highest BCUT2D eigenvalue weighted by atomic mass is 16.5. The van der Waals surface area contributed by atoms with Gasteiger partial charge in [-0.25, -0.2) is 0 Å². The van der Waals surface area contributed by atoms with Crippen molar-refractivity contribution in [1.29, 1.82) is 0 Å². The predicted octanol–water partition coefficient (Wildman–Crippen LogP) is 16.9. The third-order valence-electron chi connectivity index (χ3n) is 16.4. The second kappa shape index (κ2) is 15.6. The van der Waals surface area contributed by atoms with Crippen molar-refractivity contribution in [2.24, 2.45) is 11.8 Å². The molecule has 2 fully saturated rings. The highest BCUT2D eigenvalue weighted by Gasteiger charge is 2.52. The molecule has 320 valence electrons. The van der Waals surface area contributed by atoms with Gasteiger partial charge in [0, 0.05) is 17.0 Å². The van der Waals surface area contributed by atoms with E-state index in [1.807, 2.05) is 0 Å². The van der Waals surface area contributed by atoms with E-state index in [2.05, 4.69) is 213 Å². The molecule has 0 amide bonds. The SMILES string of the molecule is CC1(c2ccccc2CCC(c2cccc(-c3ccc(-c4ccccc4)c4ccccc34)c2)c2cccc3c2-c2ccccc2C32c3ccccc3Oc3ccccc32)C[C@@H]2CC[C@@H](C2)C1. The van der Waals surface area contributed by atoms with E-state index in [1.54, 1.807) is 5.56 Å². The Bertz CT molecular complexity index is 3260. The summed E-state index contributed by atoms with van der Waals surface area (Å²) in [6.07, 6.45) is 8.91. The number of ether oxygens (including phenoxy) is 1. The standard InChI is InChI=1S/C65H54O/c1-64(41-43-33-34-44(39-43)42-64)56-26-9-5-19-46(56)35-36-51(48-21-15-20-47(40-48)50-38-37-49(45-17-3-2-4-18-45)52-22-6-7-23-53(50)52)54-25-16-30-60-63(54)55-24-8-10-27-57(55)65(60)58-28-11-13-31-61(58)66-62-32-14-12-29-59(62)65/h2-32,37-38,40,43-44,51H,33-36,39,41-42H2,1H3/t43-,44+,51?,64?. The zero-order chi connectivity index (χ0) is 43.8. The Morgan fingerprint density at radius 3 is 1.77 bits per heavy atom. The van der Waals surface area contributed by atoms with Crippen LogP contribution in [0.5, 0.6) is 11.5 Å². The summed E-state index contributed by atoms with van der Waals surface area (Å²) in [6.45, 7) is 2.59. The highest BCUT2D eigenvalue weighted by Crippen LogP contribution is 2.63. The summed E-state index contributed by atoms with van der Waals surface area (Å²) in [5.74, 6) is 3.73. The molecule has 2 saturated carbocycles. The van der Waals surface area contributed by atoms with Crippen LogP contribution in [0.3, 0.4) is 0 Å². The molecule has 13 rings (SSSR count). The third-order valence-corrected chi connectivity index (χ3v) is 16.4. The van der Waals surface area contributed by atoms with Crippen molar-refractivity contribution in [2.45, 2.75) is 68.6 Å². The van der Waals surface area contributed by atoms with E-state index in [1.165, 1.54) is 115 Å². The molecule has 0 saturated heterocycles. The number of para-hydroxylation sites is 2. The minimum Gasteiger partial charge on any atom is -0.457 e. The normalized spacial score (nSPS) is 20.0. The first kappa shape index (κ1) is 39.4. The van der Waals surface area contributed by atoms with Gasteiger partial charge in [0.15, 0.2) is 0 Å². The maximum absolute atomic E-state index is 6.73. The summed E-state index contributed by atoms with van der Waals surface area (Å²) in [5, 5.41) is 2.56. The van der Waals surface area contributed by atoms with Crippen LogP contribution in [-0.4, -0.2) is 0 Å². The summed E-state index contributed by atoms with van der Waals surface area (Å²) in [4.78, 5) is 0. The number of hydrogen-bond donors (Lipinski definition) is 0. The Balaban J connectivity index is 0.999. The molecule has 1 aliphatic heterocycles. The molecule has 2 bridgehead atoms. The molecule has 9 aromatic carbocycles. The largest absolute Gasteiger partial charge is 0.457 e. The van der Waals surface area contributed by atoms with Crippen LogP contribution in [-0.2, 0) is 17.3 Å². The van der Waals surface area contributed by atoms with E-state index >= 15 is 0 Å². The number of aryl methyl sites for hydroxylation is 1. The fraction of sp³-hybridized carbons (Fsp3) is 0.200. The Morgan fingerprint density at radius 2 is 1.05 bits per heavy atom. The fourth-order valence-electron chi connectivity index (χ4n) is 13.8. The van der Waals surface area contributed by atoms with Crippen LogP contribution in [0.4, 0.5) is 0 Å². The van der Waals surface area contributed by atoms with E-state index < -0.39 is 5.41 Å². The number of benzene rings is 9. The van der Waals surface area contributed by atoms with Crippen LogP contribution in [0.1, 0.15) is 95.9 Å². The minimum absolute atomic E-state index is 0.131. The molecule has 4 atom stereocenters. The van der Waals surface area contributed by atoms with Gasteiger partial charge in [-0.2, -0.15) is 0 Å². The zero-order valence-electron chi connectivity index (χ0n) is 37.7. The molecule has 0 N–H and O–H groups in total. The second-order valence-electron chi connectivity index (χ2n) is 20.1. The minimum atomic E-state index is -0.513. The number of hydrogen-bond acceptors (Lipinski definition) is 1. The number of rotatable bonds is 8. The second-order valence-corrected chi connectivity index (χ2v) is 20.1. The van der Waals surface area contributed by atoms with Crippen molar-refractivity contribution in [2.75, 3.05) is 0 Å². The van der Waals surface area contributed by atoms with Gasteiger partial charge < -0.3 is 4.74 Å². The Labute approximate surface area is 389 Å². The van der Waals surface area contributed by atoms with E-state index in [0.29, 0.717) is 0 Å². The lowest BCUT2D eigenvalue weighted by molar-refractivity contribution is 0.230. The van der Waals surface area contributed by atoms with Crippen molar-refractivity contribution in [3.05, 3.63) is 251 Å². The van der Waals surface area contributed by atoms with Crippen LogP contribution < -0.4 is 4.74 Å². The van der Waals surface area contributed by atoms with E-state index in [4.69, 9.17) is 4.74 Å². The van der Waals surface area contributed by atoms with Crippen LogP contribution >= 0.6 is 0 Å². The number of fused-ring (bicyclic) bond motifs is 12. The van der Waals surface area contributed by atoms with Gasteiger partial charge in [0.2, 0.25) is 0 Å². The topological polar surface area (TPSA) is 9.23 Å². The van der Waals surface area contributed by atoms with Crippen molar-refractivity contribution in [3.8, 4) is 44.9 Å². The van der Waals surface area contributed by atoms with Gasteiger partial charge in [0.1, 0.15) is 11.5 Å². The van der Waals surface area contributed by atoms with Gasteiger partial charge in [-0.15, -0.1) is 0 Å². The van der Waals surface area contributed by atoms with Gasteiger partial charge in [-0.05, 0) is 139 Å². The van der Waals surface area contributed by atoms with Crippen LogP contribution in [0.2, 0.25) is 0 Å². The summed E-state index contributed by atoms with van der Waals surface area (Å²) in [7, 11) is 0. The Kier molecular flexibility index (Phi) is 9.31. The van der Waals surface area contributed by atoms with Crippen molar-refractivity contribution in [1.82, 2.24) is 0 Å². The first-order valence-electron chi connectivity index (χ1n) is 24.4. The molecule has 66 heavy (non-hydrogen) atoms. The van der Waals surface area contributed by atoms with Crippen LogP contribution in [0.15, 0.2) is 206 Å². The lowest BCUT2D eigenvalue weighted by Crippen LogP contribution is -2.32. The molecule has 1 heterocycles. The average molecular weight is 851 g/mol. The average Bonchev–Trinajstić information content (AvgIpc) is 3.88. The summed E-state index contributed by atoms with van der Waals surface area (Å²) < 4.78 is 6.73.